The molecule has 1 saturated heterocycles. The SMILES string of the molecule is CC(C)(C)OC(=O)N1CCC[C@@H](N2C(=O)c3cccc([N+](=O)[O-])c3C2=O)C1. The van der Waals surface area contributed by atoms with E-state index in [9.17, 15) is 24.5 Å². The number of likely N-dealkylation sites (tertiary alicyclic amines) is 1. The second-order valence-corrected chi connectivity index (χ2v) is 7.66. The molecule has 0 N–H and O–H groups in total. The van der Waals surface area contributed by atoms with Gasteiger partial charge in [0.05, 0.1) is 16.5 Å². The third-order valence-corrected chi connectivity index (χ3v) is 4.53. The van der Waals surface area contributed by atoms with Gasteiger partial charge in [0, 0.05) is 19.2 Å². The fourth-order valence-electron chi connectivity index (χ4n) is 3.43. The first-order valence-electron chi connectivity index (χ1n) is 8.73. The summed E-state index contributed by atoms with van der Waals surface area (Å²) in [6.07, 6.45) is 0.618. The molecule has 27 heavy (non-hydrogen) atoms. The highest BCUT2D eigenvalue weighted by Crippen LogP contribution is 2.33. The number of carbonyl (C=O) groups excluding carboxylic acids is 3. The number of rotatable bonds is 2. The number of imide groups is 1. The summed E-state index contributed by atoms with van der Waals surface area (Å²) in [4.78, 5) is 50.9. The van der Waals surface area contributed by atoms with E-state index in [1.807, 2.05) is 0 Å². The number of carbonyl (C=O) groups is 3. The lowest BCUT2D eigenvalue weighted by Gasteiger charge is -2.37. The molecule has 2 aliphatic rings. The zero-order valence-electron chi connectivity index (χ0n) is 15.4. The molecule has 144 valence electrons. The Morgan fingerprint density at radius 3 is 2.59 bits per heavy atom. The highest BCUT2D eigenvalue weighted by molar-refractivity contribution is 6.23. The lowest BCUT2D eigenvalue weighted by Crippen LogP contribution is -2.52. The number of fused-ring (bicyclic) bond motifs is 1. The molecule has 0 unspecified atom stereocenters. The normalized spacial score (nSPS) is 19.9. The summed E-state index contributed by atoms with van der Waals surface area (Å²) in [5.41, 5.74) is -1.18. The number of nitrogens with zero attached hydrogens (tertiary/aromatic N) is 3. The molecule has 3 amide bonds. The number of nitro benzene ring substituents is 1. The zero-order valence-corrected chi connectivity index (χ0v) is 15.4. The highest BCUT2D eigenvalue weighted by atomic mass is 16.6. The van der Waals surface area contributed by atoms with Crippen LogP contribution in [0.25, 0.3) is 0 Å². The van der Waals surface area contributed by atoms with Crippen molar-refractivity contribution < 1.29 is 24.0 Å². The van der Waals surface area contributed by atoms with Gasteiger partial charge in [0.15, 0.2) is 0 Å². The molecule has 0 aromatic heterocycles. The predicted molar refractivity (Wildman–Crippen MR) is 94.4 cm³/mol. The molecule has 9 nitrogen and oxygen atoms in total. The van der Waals surface area contributed by atoms with Crippen LogP contribution in [0, 0.1) is 10.1 Å². The van der Waals surface area contributed by atoms with Gasteiger partial charge in [-0.3, -0.25) is 24.6 Å². The Bertz CT molecular complexity index is 829. The van der Waals surface area contributed by atoms with Gasteiger partial charge in [-0.05, 0) is 39.7 Å². The van der Waals surface area contributed by atoms with E-state index in [4.69, 9.17) is 4.74 Å². The van der Waals surface area contributed by atoms with Crippen LogP contribution in [-0.4, -0.2) is 57.4 Å². The Balaban J connectivity index is 1.84. The van der Waals surface area contributed by atoms with Crippen LogP contribution in [0.15, 0.2) is 18.2 Å². The van der Waals surface area contributed by atoms with Crippen molar-refractivity contribution >= 4 is 23.6 Å². The Hall–Kier alpha value is -2.97. The summed E-state index contributed by atoms with van der Waals surface area (Å²) in [7, 11) is 0. The number of hydrogen-bond acceptors (Lipinski definition) is 6. The van der Waals surface area contributed by atoms with Gasteiger partial charge in [-0.25, -0.2) is 4.79 Å². The van der Waals surface area contributed by atoms with Crippen molar-refractivity contribution in [2.45, 2.75) is 45.3 Å². The Morgan fingerprint density at radius 1 is 1.26 bits per heavy atom. The standard InChI is InChI=1S/C18H21N3O6/c1-18(2,3)27-17(24)19-9-5-6-11(10-19)20-15(22)12-7-4-8-13(21(25)26)14(12)16(20)23/h4,7-8,11H,5-6,9-10H2,1-3H3/t11-/m1/s1. The summed E-state index contributed by atoms with van der Waals surface area (Å²) in [6, 6.07) is 3.47. The average molecular weight is 375 g/mol. The lowest BCUT2D eigenvalue weighted by molar-refractivity contribution is -0.385. The van der Waals surface area contributed by atoms with E-state index < -0.39 is 34.5 Å². The van der Waals surface area contributed by atoms with Crippen molar-refractivity contribution in [3.63, 3.8) is 0 Å². The minimum Gasteiger partial charge on any atom is -0.444 e. The largest absolute Gasteiger partial charge is 0.444 e. The van der Waals surface area contributed by atoms with Gasteiger partial charge >= 0.3 is 6.09 Å². The van der Waals surface area contributed by atoms with Gasteiger partial charge < -0.3 is 9.64 Å². The monoisotopic (exact) mass is 375 g/mol. The summed E-state index contributed by atoms with van der Waals surface area (Å²) < 4.78 is 5.36. The number of benzene rings is 1. The molecule has 0 spiro atoms. The maximum Gasteiger partial charge on any atom is 0.410 e. The van der Waals surface area contributed by atoms with E-state index in [2.05, 4.69) is 0 Å². The van der Waals surface area contributed by atoms with Gasteiger partial charge in [0.25, 0.3) is 17.5 Å². The molecular weight excluding hydrogens is 354 g/mol. The Kier molecular flexibility index (Phi) is 4.63. The van der Waals surface area contributed by atoms with E-state index >= 15 is 0 Å². The average Bonchev–Trinajstić information content (AvgIpc) is 2.84. The molecule has 1 aromatic carbocycles. The summed E-state index contributed by atoms with van der Waals surface area (Å²) in [5, 5.41) is 11.2. The van der Waals surface area contributed by atoms with Crippen LogP contribution in [0.3, 0.4) is 0 Å². The molecule has 0 radical (unpaired) electrons. The molecule has 1 aromatic rings. The van der Waals surface area contributed by atoms with Gasteiger partial charge in [0.1, 0.15) is 11.2 Å². The predicted octanol–water partition coefficient (Wildman–Crippen LogP) is 2.59. The van der Waals surface area contributed by atoms with Crippen LogP contribution < -0.4 is 0 Å². The third-order valence-electron chi connectivity index (χ3n) is 4.53. The van der Waals surface area contributed by atoms with Crippen LogP contribution in [0.1, 0.15) is 54.3 Å². The van der Waals surface area contributed by atoms with Crippen LogP contribution in [0.4, 0.5) is 10.5 Å². The van der Waals surface area contributed by atoms with E-state index in [-0.39, 0.29) is 23.4 Å². The van der Waals surface area contributed by atoms with Gasteiger partial charge in [-0.1, -0.05) is 6.07 Å². The van der Waals surface area contributed by atoms with Crippen molar-refractivity contribution in [1.29, 1.82) is 0 Å². The Labute approximate surface area is 156 Å². The molecule has 1 fully saturated rings. The lowest BCUT2D eigenvalue weighted by atomic mass is 10.0. The first-order chi connectivity index (χ1) is 12.6. The Morgan fingerprint density at radius 2 is 1.96 bits per heavy atom. The topological polar surface area (TPSA) is 110 Å². The summed E-state index contributed by atoms with van der Waals surface area (Å²) >= 11 is 0. The molecule has 9 heteroatoms. The van der Waals surface area contributed by atoms with Crippen molar-refractivity contribution in [1.82, 2.24) is 9.80 Å². The first kappa shape index (κ1) is 18.8. The molecule has 0 aliphatic carbocycles. The minimum absolute atomic E-state index is 0.0311. The zero-order chi connectivity index (χ0) is 19.9. The second-order valence-electron chi connectivity index (χ2n) is 7.66. The summed E-state index contributed by atoms with van der Waals surface area (Å²) in [5.74, 6) is -1.24. The molecule has 0 saturated carbocycles. The van der Waals surface area contributed by atoms with Crippen LogP contribution in [-0.2, 0) is 4.74 Å². The number of amides is 3. The molecule has 3 rings (SSSR count). The summed E-state index contributed by atoms with van der Waals surface area (Å²) in [6.45, 7) is 5.89. The minimum atomic E-state index is -0.682. The van der Waals surface area contributed by atoms with E-state index in [1.165, 1.54) is 23.1 Å². The quantitative estimate of drug-likeness (QED) is 0.446. The van der Waals surface area contributed by atoms with Crippen LogP contribution in [0.5, 0.6) is 0 Å². The molecule has 2 heterocycles. The van der Waals surface area contributed by atoms with E-state index in [0.717, 1.165) is 4.90 Å². The second kappa shape index (κ2) is 6.64. The maximum atomic E-state index is 12.8. The molecular formula is C18H21N3O6. The van der Waals surface area contributed by atoms with E-state index in [0.29, 0.717) is 19.4 Å². The van der Waals surface area contributed by atoms with Gasteiger partial charge in [-0.2, -0.15) is 0 Å². The first-order valence-corrected chi connectivity index (χ1v) is 8.73. The van der Waals surface area contributed by atoms with Crippen LogP contribution >= 0.6 is 0 Å². The molecule has 2 aliphatic heterocycles. The third kappa shape index (κ3) is 3.49. The molecule has 1 atom stereocenters. The van der Waals surface area contributed by atoms with Crippen molar-refractivity contribution in [2.24, 2.45) is 0 Å². The van der Waals surface area contributed by atoms with Crippen molar-refractivity contribution in [3.05, 3.63) is 39.4 Å². The smallest absolute Gasteiger partial charge is 0.410 e. The van der Waals surface area contributed by atoms with Crippen LogP contribution in [0.2, 0.25) is 0 Å². The highest BCUT2D eigenvalue weighted by Gasteiger charge is 2.45. The number of hydrogen-bond donors (Lipinski definition) is 0. The number of ether oxygens (including phenoxy) is 1. The number of nitro groups is 1. The van der Waals surface area contributed by atoms with Crippen molar-refractivity contribution in [3.8, 4) is 0 Å². The van der Waals surface area contributed by atoms with E-state index in [1.54, 1.807) is 20.8 Å². The van der Waals surface area contributed by atoms with Crippen molar-refractivity contribution in [2.75, 3.05) is 13.1 Å². The maximum absolute atomic E-state index is 12.8. The van der Waals surface area contributed by atoms with Gasteiger partial charge in [0.2, 0.25) is 0 Å². The fourth-order valence-corrected chi connectivity index (χ4v) is 3.43. The fraction of sp³-hybridized carbons (Fsp3) is 0.500. The number of piperidine rings is 1. The molecule has 0 bridgehead atoms. The van der Waals surface area contributed by atoms with Gasteiger partial charge in [-0.15, -0.1) is 0 Å².